The van der Waals surface area contributed by atoms with Crippen LogP contribution < -0.4 is 4.90 Å². The molecule has 6 heteroatoms. The number of nitro benzene ring substituents is 1. The standard InChI is InChI=1S/C14H14N2O4/c1-10(17)13-4-3-12(7-14(13)16(18)19)15(2)8-11-5-6-20-9-11/h3-7,9H,8H2,1-2H3. The molecule has 2 aromatic rings. The summed E-state index contributed by atoms with van der Waals surface area (Å²) in [7, 11) is 1.82. The molecule has 0 amide bonds. The number of benzene rings is 1. The van der Waals surface area contributed by atoms with E-state index in [2.05, 4.69) is 0 Å². The van der Waals surface area contributed by atoms with Gasteiger partial charge >= 0.3 is 0 Å². The topological polar surface area (TPSA) is 76.6 Å². The second-order valence-corrected chi connectivity index (χ2v) is 4.50. The third-order valence-electron chi connectivity index (χ3n) is 3.00. The number of ketones is 1. The molecule has 0 unspecified atom stereocenters. The molecule has 20 heavy (non-hydrogen) atoms. The van der Waals surface area contributed by atoms with Gasteiger partial charge in [-0.25, -0.2) is 0 Å². The minimum atomic E-state index is -0.536. The van der Waals surface area contributed by atoms with Crippen LogP contribution in [-0.2, 0) is 6.54 Å². The summed E-state index contributed by atoms with van der Waals surface area (Å²) < 4.78 is 4.98. The highest BCUT2D eigenvalue weighted by molar-refractivity contribution is 5.98. The number of furan rings is 1. The predicted octanol–water partition coefficient (Wildman–Crippen LogP) is 3.03. The summed E-state index contributed by atoms with van der Waals surface area (Å²) in [4.78, 5) is 23.7. The summed E-state index contributed by atoms with van der Waals surface area (Å²) in [6.45, 7) is 1.88. The largest absolute Gasteiger partial charge is 0.472 e. The van der Waals surface area contributed by atoms with Gasteiger partial charge in [0, 0.05) is 30.9 Å². The smallest absolute Gasteiger partial charge is 0.282 e. The summed E-state index contributed by atoms with van der Waals surface area (Å²) in [6.07, 6.45) is 3.19. The Balaban J connectivity index is 2.31. The van der Waals surface area contributed by atoms with Crippen molar-refractivity contribution >= 4 is 17.2 Å². The van der Waals surface area contributed by atoms with E-state index in [0.717, 1.165) is 5.56 Å². The molecule has 6 nitrogen and oxygen atoms in total. The SMILES string of the molecule is CC(=O)c1ccc(N(C)Cc2ccoc2)cc1[N+](=O)[O-]. The third kappa shape index (κ3) is 2.85. The maximum absolute atomic E-state index is 11.4. The molecule has 1 heterocycles. The van der Waals surface area contributed by atoms with Crippen LogP contribution in [0, 0.1) is 10.1 Å². The molecule has 0 saturated heterocycles. The lowest BCUT2D eigenvalue weighted by atomic mass is 10.1. The molecule has 0 aliphatic rings. The van der Waals surface area contributed by atoms with Crippen LogP contribution >= 0.6 is 0 Å². The second kappa shape index (κ2) is 5.56. The molecule has 1 aromatic carbocycles. The van der Waals surface area contributed by atoms with Crippen molar-refractivity contribution in [2.75, 3.05) is 11.9 Å². The lowest BCUT2D eigenvalue weighted by Crippen LogP contribution is -2.16. The molecule has 0 radical (unpaired) electrons. The molecule has 104 valence electrons. The number of carbonyl (C=O) groups is 1. The first kappa shape index (κ1) is 13.8. The number of Topliss-reactive ketones (excluding diaryl/α,β-unsaturated/α-hetero) is 1. The Kier molecular flexibility index (Phi) is 3.84. The van der Waals surface area contributed by atoms with Gasteiger partial charge in [-0.1, -0.05) is 0 Å². The van der Waals surface area contributed by atoms with Crippen LogP contribution in [0.4, 0.5) is 11.4 Å². The van der Waals surface area contributed by atoms with Crippen molar-refractivity contribution in [1.29, 1.82) is 0 Å². The first-order chi connectivity index (χ1) is 9.49. The summed E-state index contributed by atoms with van der Waals surface area (Å²) in [6, 6.07) is 6.43. The summed E-state index contributed by atoms with van der Waals surface area (Å²) in [5.74, 6) is -0.319. The Bertz CT molecular complexity index is 635. The lowest BCUT2D eigenvalue weighted by molar-refractivity contribution is -0.385. The van der Waals surface area contributed by atoms with Crippen molar-refractivity contribution in [2.45, 2.75) is 13.5 Å². The first-order valence-electron chi connectivity index (χ1n) is 6.00. The van der Waals surface area contributed by atoms with Gasteiger partial charge in [-0.05, 0) is 25.1 Å². The van der Waals surface area contributed by atoms with Gasteiger partial charge < -0.3 is 9.32 Å². The summed E-state index contributed by atoms with van der Waals surface area (Å²) in [5.41, 5.74) is 1.58. The van der Waals surface area contributed by atoms with Gasteiger partial charge in [0.05, 0.1) is 23.0 Å². The second-order valence-electron chi connectivity index (χ2n) is 4.50. The van der Waals surface area contributed by atoms with Gasteiger partial charge in [-0.2, -0.15) is 0 Å². The van der Waals surface area contributed by atoms with Crippen LogP contribution in [0.5, 0.6) is 0 Å². The maximum atomic E-state index is 11.4. The fraction of sp³-hybridized carbons (Fsp3) is 0.214. The summed E-state index contributed by atoms with van der Waals surface area (Å²) >= 11 is 0. The van der Waals surface area contributed by atoms with Gasteiger partial charge in [0.25, 0.3) is 5.69 Å². The molecular formula is C14H14N2O4. The molecule has 1 aromatic heterocycles. The molecule has 0 fully saturated rings. The normalized spacial score (nSPS) is 10.3. The first-order valence-corrected chi connectivity index (χ1v) is 6.00. The van der Waals surface area contributed by atoms with E-state index in [0.29, 0.717) is 12.2 Å². The van der Waals surface area contributed by atoms with Crippen molar-refractivity contribution in [3.8, 4) is 0 Å². The van der Waals surface area contributed by atoms with Crippen molar-refractivity contribution in [3.63, 3.8) is 0 Å². The highest BCUT2D eigenvalue weighted by Crippen LogP contribution is 2.26. The fourth-order valence-corrected chi connectivity index (χ4v) is 1.95. The molecular weight excluding hydrogens is 260 g/mol. The minimum Gasteiger partial charge on any atom is -0.472 e. The van der Waals surface area contributed by atoms with E-state index in [1.807, 2.05) is 18.0 Å². The van der Waals surface area contributed by atoms with Crippen molar-refractivity contribution in [3.05, 3.63) is 58.0 Å². The zero-order valence-electron chi connectivity index (χ0n) is 11.2. The number of anilines is 1. The van der Waals surface area contributed by atoms with Crippen molar-refractivity contribution in [1.82, 2.24) is 0 Å². The minimum absolute atomic E-state index is 0.121. The quantitative estimate of drug-likeness (QED) is 0.476. The predicted molar refractivity (Wildman–Crippen MR) is 73.9 cm³/mol. The average molecular weight is 274 g/mol. The number of hydrogen-bond donors (Lipinski definition) is 0. The van der Waals surface area contributed by atoms with E-state index in [1.165, 1.54) is 19.1 Å². The Morgan fingerprint density at radius 1 is 1.40 bits per heavy atom. The average Bonchev–Trinajstić information content (AvgIpc) is 2.90. The molecule has 0 atom stereocenters. The maximum Gasteiger partial charge on any atom is 0.282 e. The van der Waals surface area contributed by atoms with Crippen LogP contribution in [0.1, 0.15) is 22.8 Å². The highest BCUT2D eigenvalue weighted by Gasteiger charge is 2.19. The number of hydrogen-bond acceptors (Lipinski definition) is 5. The van der Waals surface area contributed by atoms with E-state index >= 15 is 0 Å². The van der Waals surface area contributed by atoms with Crippen molar-refractivity contribution < 1.29 is 14.1 Å². The number of carbonyl (C=O) groups excluding carboxylic acids is 1. The highest BCUT2D eigenvalue weighted by atomic mass is 16.6. The van der Waals surface area contributed by atoms with E-state index in [1.54, 1.807) is 18.6 Å². The number of rotatable bonds is 5. The molecule has 0 N–H and O–H groups in total. The Morgan fingerprint density at radius 2 is 2.15 bits per heavy atom. The fourth-order valence-electron chi connectivity index (χ4n) is 1.95. The van der Waals surface area contributed by atoms with Gasteiger partial charge in [0.15, 0.2) is 5.78 Å². The van der Waals surface area contributed by atoms with E-state index in [9.17, 15) is 14.9 Å². The van der Waals surface area contributed by atoms with Gasteiger partial charge in [0.2, 0.25) is 0 Å². The molecule has 0 spiro atoms. The molecule has 2 rings (SSSR count). The monoisotopic (exact) mass is 274 g/mol. The molecule has 0 aliphatic carbocycles. The zero-order chi connectivity index (χ0) is 14.7. The van der Waals surface area contributed by atoms with Crippen LogP contribution in [0.25, 0.3) is 0 Å². The van der Waals surface area contributed by atoms with E-state index < -0.39 is 4.92 Å². The van der Waals surface area contributed by atoms with Crippen molar-refractivity contribution in [2.24, 2.45) is 0 Å². The zero-order valence-corrected chi connectivity index (χ0v) is 11.2. The van der Waals surface area contributed by atoms with E-state index in [4.69, 9.17) is 4.42 Å². The third-order valence-corrected chi connectivity index (χ3v) is 3.00. The van der Waals surface area contributed by atoms with Crippen LogP contribution in [0.3, 0.4) is 0 Å². The van der Waals surface area contributed by atoms with Crippen LogP contribution in [-0.4, -0.2) is 17.8 Å². The van der Waals surface area contributed by atoms with Gasteiger partial charge in [-0.15, -0.1) is 0 Å². The van der Waals surface area contributed by atoms with Crippen LogP contribution in [0.15, 0.2) is 41.2 Å². The molecule has 0 saturated carbocycles. The van der Waals surface area contributed by atoms with Gasteiger partial charge in [0.1, 0.15) is 0 Å². The van der Waals surface area contributed by atoms with Crippen LogP contribution in [0.2, 0.25) is 0 Å². The molecule has 0 bridgehead atoms. The summed E-state index contributed by atoms with van der Waals surface area (Å²) in [5, 5.41) is 11.0. The Labute approximate surface area is 115 Å². The Hall–Kier alpha value is -2.63. The Morgan fingerprint density at radius 3 is 2.70 bits per heavy atom. The number of nitrogens with zero attached hydrogens (tertiary/aromatic N) is 2. The van der Waals surface area contributed by atoms with Gasteiger partial charge in [-0.3, -0.25) is 14.9 Å². The lowest BCUT2D eigenvalue weighted by Gasteiger charge is -2.18. The molecule has 0 aliphatic heterocycles. The van der Waals surface area contributed by atoms with E-state index in [-0.39, 0.29) is 17.0 Å². The number of nitro groups is 1.